The van der Waals surface area contributed by atoms with Gasteiger partial charge in [-0.1, -0.05) is 49.1 Å². The molecule has 0 saturated carbocycles. The summed E-state index contributed by atoms with van der Waals surface area (Å²) in [6.07, 6.45) is 0. The van der Waals surface area contributed by atoms with E-state index in [0.717, 1.165) is 17.7 Å². The number of benzene rings is 2. The summed E-state index contributed by atoms with van der Waals surface area (Å²) >= 11 is 2.96. The monoisotopic (exact) mass is 369 g/mol. The topological polar surface area (TPSA) is 12.0 Å². The molecule has 5 heteroatoms. The molecule has 0 aromatic heterocycles. The average molecular weight is 370 g/mol. The Bertz CT molecular complexity index is 636. The van der Waals surface area contributed by atoms with Crippen LogP contribution in [0.1, 0.15) is 5.56 Å². The summed E-state index contributed by atoms with van der Waals surface area (Å²) < 4.78 is 27.2. The predicted octanol–water partition coefficient (Wildman–Crippen LogP) is 4.88. The minimum absolute atomic E-state index is 0.130. The van der Waals surface area contributed by atoms with Crippen molar-refractivity contribution in [1.29, 1.82) is 0 Å². The molecule has 0 aliphatic carbocycles. The molecule has 21 heavy (non-hydrogen) atoms. The van der Waals surface area contributed by atoms with Gasteiger partial charge in [0, 0.05) is 12.6 Å². The van der Waals surface area contributed by atoms with Crippen LogP contribution >= 0.6 is 15.9 Å². The molecular formula is C16H18BrF2NSi. The van der Waals surface area contributed by atoms with Gasteiger partial charge in [0.1, 0.15) is 11.6 Å². The lowest BCUT2D eigenvalue weighted by molar-refractivity contribution is 0.596. The van der Waals surface area contributed by atoms with Crippen LogP contribution in [-0.4, -0.2) is 8.07 Å². The van der Waals surface area contributed by atoms with E-state index >= 15 is 0 Å². The molecule has 2 aromatic carbocycles. The van der Waals surface area contributed by atoms with Crippen LogP contribution in [0.5, 0.6) is 0 Å². The number of anilines is 1. The van der Waals surface area contributed by atoms with Crippen molar-refractivity contribution < 1.29 is 8.78 Å². The molecule has 0 atom stereocenters. The molecule has 1 N–H and O–H groups in total. The third kappa shape index (κ3) is 4.14. The van der Waals surface area contributed by atoms with Gasteiger partial charge in [-0.2, -0.15) is 0 Å². The van der Waals surface area contributed by atoms with Gasteiger partial charge in [0.2, 0.25) is 0 Å². The van der Waals surface area contributed by atoms with Crippen molar-refractivity contribution in [3.8, 4) is 0 Å². The van der Waals surface area contributed by atoms with Gasteiger partial charge in [-0.15, -0.1) is 0 Å². The van der Waals surface area contributed by atoms with E-state index < -0.39 is 19.7 Å². The first-order valence-electron chi connectivity index (χ1n) is 6.75. The van der Waals surface area contributed by atoms with Gasteiger partial charge < -0.3 is 5.32 Å². The summed E-state index contributed by atoms with van der Waals surface area (Å²) in [7, 11) is -1.30. The fourth-order valence-electron chi connectivity index (χ4n) is 1.98. The first kappa shape index (κ1) is 16.2. The second-order valence-corrected chi connectivity index (χ2v) is 12.0. The Labute approximate surface area is 133 Å². The van der Waals surface area contributed by atoms with E-state index in [0.29, 0.717) is 6.54 Å². The van der Waals surface area contributed by atoms with Gasteiger partial charge in [-0.05, 0) is 27.6 Å². The van der Waals surface area contributed by atoms with Gasteiger partial charge in [-0.3, -0.25) is 0 Å². The maximum Gasteiger partial charge on any atom is 0.147 e. The molecule has 0 saturated heterocycles. The van der Waals surface area contributed by atoms with E-state index in [-0.39, 0.29) is 10.2 Å². The summed E-state index contributed by atoms with van der Waals surface area (Å²) in [5.41, 5.74) is 1.21. The summed E-state index contributed by atoms with van der Waals surface area (Å²) in [6.45, 7) is 7.34. The number of nitrogens with one attached hydrogen (secondary N) is 1. The van der Waals surface area contributed by atoms with Crippen LogP contribution in [0.15, 0.2) is 40.9 Å². The molecule has 0 heterocycles. The van der Waals surface area contributed by atoms with Gasteiger partial charge in [0.05, 0.1) is 18.2 Å². The highest BCUT2D eigenvalue weighted by Gasteiger charge is 2.15. The number of hydrogen-bond donors (Lipinski definition) is 1. The Kier molecular flexibility index (Phi) is 4.83. The fraction of sp³-hybridized carbons (Fsp3) is 0.250. The van der Waals surface area contributed by atoms with Crippen LogP contribution in [0.3, 0.4) is 0 Å². The van der Waals surface area contributed by atoms with E-state index in [9.17, 15) is 8.78 Å². The number of halogens is 3. The molecule has 0 unspecified atom stereocenters. The molecule has 0 aliphatic heterocycles. The van der Waals surface area contributed by atoms with Crippen molar-refractivity contribution in [3.05, 3.63) is 58.1 Å². The summed E-state index contributed by atoms with van der Waals surface area (Å²) in [5.74, 6) is -0.949. The smallest absolute Gasteiger partial charge is 0.147 e. The third-order valence-electron chi connectivity index (χ3n) is 3.31. The second-order valence-electron chi connectivity index (χ2n) is 6.05. The highest BCUT2D eigenvalue weighted by Crippen LogP contribution is 2.23. The molecule has 112 valence electrons. The molecule has 0 amide bonds. The molecule has 0 spiro atoms. The van der Waals surface area contributed by atoms with Crippen molar-refractivity contribution in [2.75, 3.05) is 5.32 Å². The first-order valence-corrected chi connectivity index (χ1v) is 11.0. The van der Waals surface area contributed by atoms with Crippen molar-refractivity contribution in [1.82, 2.24) is 0 Å². The number of rotatable bonds is 4. The van der Waals surface area contributed by atoms with Crippen molar-refractivity contribution in [3.63, 3.8) is 0 Å². The fourth-order valence-corrected chi connectivity index (χ4v) is 3.46. The van der Waals surface area contributed by atoms with Gasteiger partial charge in [0.15, 0.2) is 0 Å². The largest absolute Gasteiger partial charge is 0.379 e. The van der Waals surface area contributed by atoms with Crippen LogP contribution in [0.2, 0.25) is 19.6 Å². The lowest BCUT2D eigenvalue weighted by atomic mass is 10.2. The van der Waals surface area contributed by atoms with Crippen molar-refractivity contribution >= 4 is 34.9 Å². The van der Waals surface area contributed by atoms with E-state index in [4.69, 9.17) is 0 Å². The third-order valence-corrected chi connectivity index (χ3v) is 5.99. The Hall–Kier alpha value is -1.20. The highest BCUT2D eigenvalue weighted by atomic mass is 79.9. The molecule has 0 bridgehead atoms. The molecule has 0 aliphatic rings. The van der Waals surface area contributed by atoms with Gasteiger partial charge in [-0.25, -0.2) is 8.78 Å². The van der Waals surface area contributed by atoms with Crippen LogP contribution < -0.4 is 10.5 Å². The van der Waals surface area contributed by atoms with E-state index in [2.05, 4.69) is 53.0 Å². The minimum Gasteiger partial charge on any atom is -0.379 e. The Balaban J connectivity index is 2.08. The van der Waals surface area contributed by atoms with Crippen molar-refractivity contribution in [2.45, 2.75) is 26.2 Å². The number of hydrogen-bond acceptors (Lipinski definition) is 1. The molecule has 2 aromatic rings. The van der Waals surface area contributed by atoms with Gasteiger partial charge >= 0.3 is 0 Å². The highest BCUT2D eigenvalue weighted by molar-refractivity contribution is 9.10. The van der Waals surface area contributed by atoms with Crippen LogP contribution in [0.4, 0.5) is 14.5 Å². The molecule has 0 fully saturated rings. The van der Waals surface area contributed by atoms with Crippen LogP contribution in [0.25, 0.3) is 0 Å². The Morgan fingerprint density at radius 3 is 2.19 bits per heavy atom. The predicted molar refractivity (Wildman–Crippen MR) is 90.8 cm³/mol. The lowest BCUT2D eigenvalue weighted by Gasteiger charge is -2.17. The molecule has 2 rings (SSSR count). The van der Waals surface area contributed by atoms with Crippen LogP contribution in [0, 0.1) is 11.6 Å². The molecular weight excluding hydrogens is 352 g/mol. The molecule has 1 nitrogen and oxygen atoms in total. The lowest BCUT2D eigenvalue weighted by Crippen LogP contribution is -2.37. The van der Waals surface area contributed by atoms with Gasteiger partial charge in [0.25, 0.3) is 0 Å². The quantitative estimate of drug-likeness (QED) is 0.597. The first-order chi connectivity index (χ1) is 9.77. The summed E-state index contributed by atoms with van der Waals surface area (Å²) in [5, 5.41) is 4.31. The van der Waals surface area contributed by atoms with E-state index in [1.165, 1.54) is 5.19 Å². The Morgan fingerprint density at radius 2 is 1.62 bits per heavy atom. The summed E-state index contributed by atoms with van der Waals surface area (Å²) in [6, 6.07) is 10.6. The molecule has 0 radical (unpaired) electrons. The van der Waals surface area contributed by atoms with E-state index in [1.54, 1.807) is 0 Å². The normalized spacial score (nSPS) is 11.5. The maximum absolute atomic E-state index is 13.7. The standard InChI is InChI=1S/C16H18BrF2NSi/c1-21(2,3)12-6-4-11(5-7-12)10-20-16-9-14(18)13(17)8-15(16)19/h4-9,20H,10H2,1-3H3. The van der Waals surface area contributed by atoms with E-state index in [1.807, 2.05) is 12.1 Å². The second kappa shape index (κ2) is 6.28. The SMILES string of the molecule is C[Si](C)(C)c1ccc(CNc2cc(F)c(Br)cc2F)cc1. The zero-order valence-electron chi connectivity index (χ0n) is 12.3. The minimum atomic E-state index is -1.30. The maximum atomic E-state index is 13.7. The van der Waals surface area contributed by atoms with Crippen molar-refractivity contribution in [2.24, 2.45) is 0 Å². The van der Waals surface area contributed by atoms with Crippen LogP contribution in [-0.2, 0) is 6.54 Å². The zero-order valence-corrected chi connectivity index (χ0v) is 14.9. The zero-order chi connectivity index (χ0) is 15.6. The average Bonchev–Trinajstić information content (AvgIpc) is 2.41. The Morgan fingerprint density at radius 1 is 1.00 bits per heavy atom. The summed E-state index contributed by atoms with van der Waals surface area (Å²) in [4.78, 5) is 0.